The van der Waals surface area contributed by atoms with E-state index in [1.54, 1.807) is 0 Å². The lowest BCUT2D eigenvalue weighted by molar-refractivity contribution is 0.133. The molecule has 0 atom stereocenters. The van der Waals surface area contributed by atoms with Gasteiger partial charge in [0.1, 0.15) is 0 Å². The van der Waals surface area contributed by atoms with Crippen molar-refractivity contribution in [1.82, 2.24) is 14.8 Å². The summed E-state index contributed by atoms with van der Waals surface area (Å²) in [4.78, 5) is 9.28. The molecule has 1 aromatic heterocycles. The predicted octanol–water partition coefficient (Wildman–Crippen LogP) is 1.90. The maximum atomic E-state index is 4.25. The molecule has 1 saturated heterocycles. The largest absolute Gasteiger partial charge is 0.300 e. The van der Waals surface area contributed by atoms with E-state index >= 15 is 0 Å². The van der Waals surface area contributed by atoms with Gasteiger partial charge in [0.05, 0.1) is 0 Å². The van der Waals surface area contributed by atoms with Crippen LogP contribution in [0.5, 0.6) is 0 Å². The van der Waals surface area contributed by atoms with Crippen molar-refractivity contribution in [2.24, 2.45) is 0 Å². The average Bonchev–Trinajstić information content (AvgIpc) is 2.32. The predicted molar refractivity (Wildman–Crippen MR) is 74.5 cm³/mol. The van der Waals surface area contributed by atoms with Gasteiger partial charge in [-0.3, -0.25) is 14.8 Å². The van der Waals surface area contributed by atoms with Crippen LogP contribution in [0.2, 0.25) is 0 Å². The number of aromatic nitrogens is 1. The second kappa shape index (κ2) is 6.47. The van der Waals surface area contributed by atoms with Crippen molar-refractivity contribution in [2.75, 3.05) is 38.1 Å². The molecule has 4 heteroatoms. The number of hydrogen-bond donors (Lipinski definition) is 0. The van der Waals surface area contributed by atoms with E-state index in [9.17, 15) is 0 Å². The molecule has 1 fully saturated rings. The number of rotatable bonds is 4. The molecular weight excluding hydrogens is 278 g/mol. The van der Waals surface area contributed by atoms with Crippen LogP contribution in [-0.2, 0) is 6.54 Å². The fraction of sp³-hybridized carbons (Fsp3) is 0.615. The van der Waals surface area contributed by atoms with Crippen molar-refractivity contribution in [3.8, 4) is 0 Å². The van der Waals surface area contributed by atoms with Crippen molar-refractivity contribution in [3.63, 3.8) is 0 Å². The van der Waals surface area contributed by atoms with Crippen LogP contribution in [0.15, 0.2) is 18.5 Å². The Morgan fingerprint density at radius 2 is 1.88 bits per heavy atom. The zero-order chi connectivity index (χ0) is 12.1. The van der Waals surface area contributed by atoms with E-state index in [1.807, 2.05) is 12.4 Å². The van der Waals surface area contributed by atoms with Crippen LogP contribution in [0.4, 0.5) is 0 Å². The van der Waals surface area contributed by atoms with Gasteiger partial charge in [0.2, 0.25) is 0 Å². The maximum Gasteiger partial charge on any atom is 0.0313 e. The molecule has 1 aliphatic rings. The molecule has 1 aromatic rings. The highest BCUT2D eigenvalue weighted by atomic mass is 79.9. The highest BCUT2D eigenvalue weighted by molar-refractivity contribution is 9.09. The zero-order valence-corrected chi connectivity index (χ0v) is 12.0. The minimum atomic E-state index is 1.04. The second-order valence-electron chi connectivity index (χ2n) is 4.68. The number of nitrogens with zero attached hydrogens (tertiary/aromatic N) is 3. The van der Waals surface area contributed by atoms with Crippen LogP contribution < -0.4 is 0 Å². The van der Waals surface area contributed by atoms with Gasteiger partial charge < -0.3 is 0 Å². The third-order valence-electron chi connectivity index (χ3n) is 3.20. The topological polar surface area (TPSA) is 19.4 Å². The minimum absolute atomic E-state index is 1.04. The van der Waals surface area contributed by atoms with Crippen LogP contribution in [-0.4, -0.2) is 52.8 Å². The number of halogens is 1. The van der Waals surface area contributed by atoms with Crippen molar-refractivity contribution in [2.45, 2.75) is 13.5 Å². The Kier molecular flexibility index (Phi) is 4.95. The summed E-state index contributed by atoms with van der Waals surface area (Å²) in [5.41, 5.74) is 2.58. The number of hydrogen-bond acceptors (Lipinski definition) is 3. The third-order valence-corrected chi connectivity index (χ3v) is 3.56. The zero-order valence-electron chi connectivity index (χ0n) is 10.4. The monoisotopic (exact) mass is 297 g/mol. The molecule has 0 spiro atoms. The number of alkyl halides is 1. The molecule has 2 rings (SSSR count). The van der Waals surface area contributed by atoms with Crippen LogP contribution in [0.1, 0.15) is 11.1 Å². The number of piperazine rings is 1. The van der Waals surface area contributed by atoms with Crippen LogP contribution in [0.25, 0.3) is 0 Å². The van der Waals surface area contributed by atoms with E-state index in [1.165, 1.54) is 43.9 Å². The molecule has 0 radical (unpaired) electrons. The van der Waals surface area contributed by atoms with E-state index in [4.69, 9.17) is 0 Å². The lowest BCUT2D eigenvalue weighted by atomic mass is 10.2. The van der Waals surface area contributed by atoms with Gasteiger partial charge in [0, 0.05) is 57.0 Å². The fourth-order valence-electron chi connectivity index (χ4n) is 2.25. The van der Waals surface area contributed by atoms with E-state index in [-0.39, 0.29) is 0 Å². The SMILES string of the molecule is Cc1cncc(CN2CCN(CCBr)CC2)c1. The molecule has 94 valence electrons. The van der Waals surface area contributed by atoms with Gasteiger partial charge in [-0.1, -0.05) is 22.0 Å². The summed E-state index contributed by atoms with van der Waals surface area (Å²) >= 11 is 3.50. The fourth-order valence-corrected chi connectivity index (χ4v) is 2.75. The highest BCUT2D eigenvalue weighted by Crippen LogP contribution is 2.09. The molecule has 0 N–H and O–H groups in total. The summed E-state index contributed by atoms with van der Waals surface area (Å²) in [5.74, 6) is 0. The molecule has 17 heavy (non-hydrogen) atoms. The second-order valence-corrected chi connectivity index (χ2v) is 5.47. The highest BCUT2D eigenvalue weighted by Gasteiger charge is 2.16. The van der Waals surface area contributed by atoms with Gasteiger partial charge in [-0.05, 0) is 18.1 Å². The van der Waals surface area contributed by atoms with E-state index < -0.39 is 0 Å². The quantitative estimate of drug-likeness (QED) is 0.792. The molecular formula is C13H20BrN3. The maximum absolute atomic E-state index is 4.25. The molecule has 0 unspecified atom stereocenters. The smallest absolute Gasteiger partial charge is 0.0313 e. The third kappa shape index (κ3) is 4.05. The summed E-state index contributed by atoms with van der Waals surface area (Å²) < 4.78 is 0. The molecule has 0 aromatic carbocycles. The summed E-state index contributed by atoms with van der Waals surface area (Å²) in [5, 5.41) is 1.08. The van der Waals surface area contributed by atoms with E-state index in [0.717, 1.165) is 11.9 Å². The van der Waals surface area contributed by atoms with Crippen LogP contribution >= 0.6 is 15.9 Å². The first kappa shape index (κ1) is 13.0. The summed E-state index contributed by atoms with van der Waals surface area (Å²) in [6, 6.07) is 2.23. The van der Waals surface area contributed by atoms with Gasteiger partial charge in [0.15, 0.2) is 0 Å². The molecule has 0 amide bonds. The van der Waals surface area contributed by atoms with Crippen LogP contribution in [0, 0.1) is 6.92 Å². The molecule has 0 aliphatic carbocycles. The lowest BCUT2D eigenvalue weighted by Crippen LogP contribution is -2.46. The van der Waals surface area contributed by atoms with Gasteiger partial charge in [-0.15, -0.1) is 0 Å². The standard InChI is InChI=1S/C13H20BrN3/c1-12-8-13(10-15-9-12)11-17-6-4-16(3-2-14)5-7-17/h8-10H,2-7,11H2,1H3. The Morgan fingerprint density at radius 3 is 2.53 bits per heavy atom. The minimum Gasteiger partial charge on any atom is -0.300 e. The average molecular weight is 298 g/mol. The lowest BCUT2D eigenvalue weighted by Gasteiger charge is -2.34. The normalized spacial score (nSPS) is 18.5. The Labute approximate surface area is 112 Å². The summed E-state index contributed by atoms with van der Waals surface area (Å²) in [6.45, 7) is 9.01. The summed E-state index contributed by atoms with van der Waals surface area (Å²) in [7, 11) is 0. The molecule has 0 saturated carbocycles. The summed E-state index contributed by atoms with van der Waals surface area (Å²) in [6.07, 6.45) is 3.90. The van der Waals surface area contributed by atoms with Gasteiger partial charge in [-0.25, -0.2) is 0 Å². The Hall–Kier alpha value is -0.450. The van der Waals surface area contributed by atoms with Crippen LogP contribution in [0.3, 0.4) is 0 Å². The first-order valence-electron chi connectivity index (χ1n) is 6.19. The van der Waals surface area contributed by atoms with Crippen molar-refractivity contribution < 1.29 is 0 Å². The number of pyridine rings is 1. The number of aryl methyl sites for hydroxylation is 1. The van der Waals surface area contributed by atoms with Gasteiger partial charge in [-0.2, -0.15) is 0 Å². The van der Waals surface area contributed by atoms with Gasteiger partial charge >= 0.3 is 0 Å². The Balaban J connectivity index is 1.82. The first-order chi connectivity index (χ1) is 8.28. The Bertz CT molecular complexity index is 348. The van der Waals surface area contributed by atoms with E-state index in [2.05, 4.69) is 43.7 Å². The van der Waals surface area contributed by atoms with E-state index in [0.29, 0.717) is 0 Å². The van der Waals surface area contributed by atoms with Crippen molar-refractivity contribution in [1.29, 1.82) is 0 Å². The molecule has 3 nitrogen and oxygen atoms in total. The Morgan fingerprint density at radius 1 is 1.18 bits per heavy atom. The van der Waals surface area contributed by atoms with Crippen molar-refractivity contribution >= 4 is 15.9 Å². The van der Waals surface area contributed by atoms with Crippen molar-refractivity contribution in [3.05, 3.63) is 29.6 Å². The molecule has 2 heterocycles. The van der Waals surface area contributed by atoms with Gasteiger partial charge in [0.25, 0.3) is 0 Å². The first-order valence-corrected chi connectivity index (χ1v) is 7.31. The molecule has 1 aliphatic heterocycles. The molecule has 0 bridgehead atoms.